The summed E-state index contributed by atoms with van der Waals surface area (Å²) < 4.78 is 62.1. The highest BCUT2D eigenvalue weighted by Gasteiger charge is 2.58. The largest absolute Gasteiger partial charge is 0.454 e. The first-order chi connectivity index (χ1) is 8.67. The second kappa shape index (κ2) is 6.35. The number of likely N-dealkylation sites (tertiary alicyclic amines) is 1. The third kappa shape index (κ3) is 4.56. The zero-order valence-corrected chi connectivity index (χ0v) is 10.9. The molecule has 0 aromatic heterocycles. The molecule has 7 heteroatoms. The molecule has 1 rings (SSSR count). The van der Waals surface area contributed by atoms with Gasteiger partial charge in [-0.15, -0.1) is 0 Å². The van der Waals surface area contributed by atoms with Gasteiger partial charge in [0.25, 0.3) is 0 Å². The zero-order chi connectivity index (χ0) is 14.7. The van der Waals surface area contributed by atoms with E-state index in [2.05, 4.69) is 0 Å². The predicted octanol–water partition coefficient (Wildman–Crippen LogP) is 2.91. The minimum atomic E-state index is -5.48. The molecule has 1 N–H and O–H groups in total. The van der Waals surface area contributed by atoms with Crippen LogP contribution in [0, 0.1) is 11.8 Å². The number of aliphatic hydroxyl groups is 1. The monoisotopic (exact) mass is 289 g/mol. The smallest absolute Gasteiger partial charge is 0.396 e. The fourth-order valence-electron chi connectivity index (χ4n) is 2.49. The average molecular weight is 289 g/mol. The van der Waals surface area contributed by atoms with Crippen LogP contribution in [0.25, 0.3) is 0 Å². The number of hydrogen-bond donors (Lipinski definition) is 1. The molecule has 0 radical (unpaired) electrons. The molecule has 2 nitrogen and oxygen atoms in total. The first-order valence-electron chi connectivity index (χ1n) is 6.45. The van der Waals surface area contributed by atoms with E-state index in [1.807, 2.05) is 6.92 Å². The third-order valence-electron chi connectivity index (χ3n) is 3.86. The first kappa shape index (κ1) is 16.6. The van der Waals surface area contributed by atoms with E-state index in [4.69, 9.17) is 5.11 Å². The minimum Gasteiger partial charge on any atom is -0.396 e. The van der Waals surface area contributed by atoms with Gasteiger partial charge >= 0.3 is 12.1 Å². The summed E-state index contributed by atoms with van der Waals surface area (Å²) in [6.07, 6.45) is -3.62. The molecule has 0 saturated carbocycles. The molecule has 114 valence electrons. The molecule has 0 bridgehead atoms. The Balaban J connectivity index is 2.42. The van der Waals surface area contributed by atoms with E-state index in [-0.39, 0.29) is 25.6 Å². The normalized spacial score (nSPS) is 21.6. The van der Waals surface area contributed by atoms with Crippen LogP contribution in [0.2, 0.25) is 0 Å². The van der Waals surface area contributed by atoms with Crippen LogP contribution in [0.1, 0.15) is 26.2 Å². The lowest BCUT2D eigenvalue weighted by Gasteiger charge is -2.36. The van der Waals surface area contributed by atoms with Crippen LogP contribution in [0.5, 0.6) is 0 Å². The van der Waals surface area contributed by atoms with Crippen LogP contribution >= 0.6 is 0 Å². The number of hydrogen-bond acceptors (Lipinski definition) is 2. The maximum Gasteiger partial charge on any atom is 0.454 e. The van der Waals surface area contributed by atoms with E-state index in [9.17, 15) is 22.0 Å². The van der Waals surface area contributed by atoms with E-state index in [0.29, 0.717) is 25.2 Å². The highest BCUT2D eigenvalue weighted by atomic mass is 19.4. The van der Waals surface area contributed by atoms with Gasteiger partial charge in [0.1, 0.15) is 0 Å². The fourth-order valence-corrected chi connectivity index (χ4v) is 2.49. The van der Waals surface area contributed by atoms with Crippen molar-refractivity contribution < 1.29 is 27.1 Å². The molecule has 0 aromatic rings. The van der Waals surface area contributed by atoms with Crippen molar-refractivity contribution in [1.82, 2.24) is 4.90 Å². The molecule has 0 amide bonds. The topological polar surface area (TPSA) is 23.5 Å². The summed E-state index contributed by atoms with van der Waals surface area (Å²) in [5.41, 5.74) is 0. The van der Waals surface area contributed by atoms with Crippen LogP contribution in [-0.4, -0.2) is 48.3 Å². The molecular weight excluding hydrogens is 269 g/mol. The Morgan fingerprint density at radius 2 is 1.68 bits per heavy atom. The Hall–Kier alpha value is -0.430. The van der Waals surface area contributed by atoms with Crippen LogP contribution < -0.4 is 0 Å². The van der Waals surface area contributed by atoms with Crippen molar-refractivity contribution in [1.29, 1.82) is 0 Å². The van der Waals surface area contributed by atoms with Crippen LogP contribution in [0.3, 0.4) is 0 Å². The number of alkyl halides is 5. The molecule has 1 fully saturated rings. The number of halogens is 5. The molecule has 19 heavy (non-hydrogen) atoms. The third-order valence-corrected chi connectivity index (χ3v) is 3.86. The summed E-state index contributed by atoms with van der Waals surface area (Å²) in [6.45, 7) is 1.31. The van der Waals surface area contributed by atoms with Crippen molar-refractivity contribution in [3.05, 3.63) is 0 Å². The number of nitrogens with zero attached hydrogens (tertiary/aromatic N) is 1. The van der Waals surface area contributed by atoms with E-state index >= 15 is 0 Å². The van der Waals surface area contributed by atoms with E-state index in [0.717, 1.165) is 0 Å². The van der Waals surface area contributed by atoms with Gasteiger partial charge in [0.05, 0.1) is 6.54 Å². The SMILES string of the molecule is CC(CCO)C1CCN(CC(F)(F)C(F)(F)F)CC1. The summed E-state index contributed by atoms with van der Waals surface area (Å²) in [7, 11) is 0. The van der Waals surface area contributed by atoms with Crippen molar-refractivity contribution in [2.24, 2.45) is 11.8 Å². The molecule has 0 spiro atoms. The van der Waals surface area contributed by atoms with Crippen molar-refractivity contribution >= 4 is 0 Å². The quantitative estimate of drug-likeness (QED) is 0.787. The Bertz CT molecular complexity index is 274. The maximum atomic E-state index is 12.9. The Morgan fingerprint density at radius 3 is 2.11 bits per heavy atom. The Kier molecular flexibility index (Phi) is 5.55. The van der Waals surface area contributed by atoms with E-state index in [1.54, 1.807) is 0 Å². The summed E-state index contributed by atoms with van der Waals surface area (Å²) in [5.74, 6) is -4.07. The molecular formula is C12H20F5NO. The van der Waals surface area contributed by atoms with Gasteiger partial charge in [-0.05, 0) is 44.2 Å². The van der Waals surface area contributed by atoms with Gasteiger partial charge in [-0.3, -0.25) is 4.90 Å². The summed E-state index contributed by atoms with van der Waals surface area (Å²) in [6, 6.07) is 0. The number of aliphatic hydroxyl groups excluding tert-OH is 1. The molecule has 1 heterocycles. The lowest BCUT2D eigenvalue weighted by molar-refractivity contribution is -0.287. The molecule has 0 aliphatic carbocycles. The standard InChI is InChI=1S/C12H20F5NO/c1-9(4-7-19)10-2-5-18(6-3-10)8-11(13,14)12(15,16)17/h9-10,19H,2-8H2,1H3. The van der Waals surface area contributed by atoms with Crippen LogP contribution in [0.4, 0.5) is 22.0 Å². The highest BCUT2D eigenvalue weighted by molar-refractivity contribution is 4.83. The first-order valence-corrected chi connectivity index (χ1v) is 6.45. The second-order valence-electron chi connectivity index (χ2n) is 5.31. The van der Waals surface area contributed by atoms with Gasteiger partial charge in [-0.25, -0.2) is 0 Å². The lowest BCUT2D eigenvalue weighted by atomic mass is 9.83. The van der Waals surface area contributed by atoms with Crippen molar-refractivity contribution in [2.75, 3.05) is 26.2 Å². The van der Waals surface area contributed by atoms with Crippen LogP contribution in [0.15, 0.2) is 0 Å². The summed E-state index contributed by atoms with van der Waals surface area (Å²) >= 11 is 0. The van der Waals surface area contributed by atoms with Gasteiger partial charge in [0.2, 0.25) is 0 Å². The van der Waals surface area contributed by atoms with Crippen molar-refractivity contribution in [3.63, 3.8) is 0 Å². The molecule has 1 aliphatic rings. The van der Waals surface area contributed by atoms with Gasteiger partial charge < -0.3 is 5.11 Å². The molecule has 1 atom stereocenters. The Morgan fingerprint density at radius 1 is 1.16 bits per heavy atom. The second-order valence-corrected chi connectivity index (χ2v) is 5.31. The highest BCUT2D eigenvalue weighted by Crippen LogP contribution is 2.37. The zero-order valence-electron chi connectivity index (χ0n) is 10.9. The number of piperidine rings is 1. The number of rotatable bonds is 5. The average Bonchev–Trinajstić information content (AvgIpc) is 2.28. The van der Waals surface area contributed by atoms with Gasteiger partial charge in [0, 0.05) is 6.61 Å². The van der Waals surface area contributed by atoms with E-state index < -0.39 is 18.6 Å². The van der Waals surface area contributed by atoms with Crippen molar-refractivity contribution in [3.8, 4) is 0 Å². The minimum absolute atomic E-state index is 0.0769. The van der Waals surface area contributed by atoms with E-state index in [1.165, 1.54) is 4.90 Å². The molecule has 0 aromatic carbocycles. The molecule has 1 unspecified atom stereocenters. The summed E-state index contributed by atoms with van der Waals surface area (Å²) in [5, 5.41) is 8.83. The van der Waals surface area contributed by atoms with Gasteiger partial charge in [-0.2, -0.15) is 22.0 Å². The molecule has 1 saturated heterocycles. The predicted molar refractivity (Wildman–Crippen MR) is 61.0 cm³/mol. The maximum absolute atomic E-state index is 12.9. The molecule has 1 aliphatic heterocycles. The van der Waals surface area contributed by atoms with Crippen LogP contribution in [-0.2, 0) is 0 Å². The van der Waals surface area contributed by atoms with Crippen molar-refractivity contribution in [2.45, 2.75) is 38.3 Å². The fraction of sp³-hybridized carbons (Fsp3) is 1.00. The lowest BCUT2D eigenvalue weighted by Crippen LogP contribution is -2.49. The van der Waals surface area contributed by atoms with Gasteiger partial charge in [-0.1, -0.05) is 6.92 Å². The van der Waals surface area contributed by atoms with Gasteiger partial charge in [0.15, 0.2) is 0 Å². The summed E-state index contributed by atoms with van der Waals surface area (Å²) in [4.78, 5) is 1.18. The Labute approximate surface area is 109 Å².